The van der Waals surface area contributed by atoms with Gasteiger partial charge in [0.2, 0.25) is 0 Å². The van der Waals surface area contributed by atoms with Gasteiger partial charge in [-0.15, -0.1) is 0 Å². The molecule has 20 heavy (non-hydrogen) atoms. The molecule has 1 aromatic carbocycles. The lowest BCUT2D eigenvalue weighted by molar-refractivity contribution is 0.301. The highest BCUT2D eigenvalue weighted by molar-refractivity contribution is 5.28. The third kappa shape index (κ3) is 3.42. The van der Waals surface area contributed by atoms with Crippen LogP contribution in [0.2, 0.25) is 0 Å². The summed E-state index contributed by atoms with van der Waals surface area (Å²) in [6, 6.07) is 11.0. The Bertz CT molecular complexity index is 540. The molecule has 0 spiro atoms. The number of aryl methyl sites for hydroxylation is 1. The summed E-state index contributed by atoms with van der Waals surface area (Å²) in [6.45, 7) is 3.51. The fourth-order valence-electron chi connectivity index (χ4n) is 2.16. The predicted molar refractivity (Wildman–Crippen MR) is 78.7 cm³/mol. The fraction of sp³-hybridized carbons (Fsp3) is 0.412. The number of furan rings is 1. The molecule has 1 heterocycles. The molecule has 1 aliphatic carbocycles. The van der Waals surface area contributed by atoms with Gasteiger partial charge in [-0.3, -0.25) is 0 Å². The monoisotopic (exact) mass is 271 g/mol. The summed E-state index contributed by atoms with van der Waals surface area (Å²) in [6.07, 6.45) is 5.37. The molecule has 1 fully saturated rings. The normalized spacial score (nSPS) is 14.4. The van der Waals surface area contributed by atoms with E-state index in [2.05, 4.69) is 24.4 Å². The Morgan fingerprint density at radius 1 is 1.20 bits per heavy atom. The summed E-state index contributed by atoms with van der Waals surface area (Å²) in [5.74, 6) is 1.89. The maximum Gasteiger partial charge on any atom is 0.124 e. The van der Waals surface area contributed by atoms with Crippen LogP contribution in [-0.2, 0) is 19.6 Å². The maximum absolute atomic E-state index is 5.83. The van der Waals surface area contributed by atoms with Gasteiger partial charge in [-0.1, -0.05) is 19.1 Å². The van der Waals surface area contributed by atoms with Crippen LogP contribution in [0.25, 0.3) is 0 Å². The molecular weight excluding hydrogens is 250 g/mol. The number of rotatable bonds is 7. The SMILES string of the molecule is CCc1ccc(OCc2ccoc2CNC2CC2)cc1. The van der Waals surface area contributed by atoms with Crippen LogP contribution in [0.4, 0.5) is 0 Å². The third-order valence-electron chi connectivity index (χ3n) is 3.69. The van der Waals surface area contributed by atoms with Crippen molar-refractivity contribution in [1.29, 1.82) is 0 Å². The summed E-state index contributed by atoms with van der Waals surface area (Å²) < 4.78 is 11.4. The minimum Gasteiger partial charge on any atom is -0.489 e. The van der Waals surface area contributed by atoms with Gasteiger partial charge in [0.25, 0.3) is 0 Å². The molecule has 0 radical (unpaired) electrons. The van der Waals surface area contributed by atoms with E-state index in [0.29, 0.717) is 12.6 Å². The number of nitrogens with one attached hydrogen (secondary N) is 1. The molecule has 1 aliphatic rings. The summed E-state index contributed by atoms with van der Waals surface area (Å²) in [7, 11) is 0. The van der Waals surface area contributed by atoms with Crippen molar-refractivity contribution in [3.63, 3.8) is 0 Å². The Labute approximate surface area is 119 Å². The Balaban J connectivity index is 1.55. The summed E-state index contributed by atoms with van der Waals surface area (Å²) in [4.78, 5) is 0. The molecule has 3 nitrogen and oxygen atoms in total. The standard InChI is InChI=1S/C17H21NO2/c1-2-13-3-7-16(8-4-13)20-12-14-9-10-19-17(14)11-18-15-5-6-15/h3-4,7-10,15,18H,2,5-6,11-12H2,1H3. The lowest BCUT2D eigenvalue weighted by Gasteiger charge is -2.07. The van der Waals surface area contributed by atoms with Crippen LogP contribution in [0.3, 0.4) is 0 Å². The van der Waals surface area contributed by atoms with E-state index < -0.39 is 0 Å². The van der Waals surface area contributed by atoms with Crippen molar-refractivity contribution >= 4 is 0 Å². The smallest absolute Gasteiger partial charge is 0.124 e. The van der Waals surface area contributed by atoms with Crippen molar-refractivity contribution in [2.45, 2.75) is 45.4 Å². The molecule has 106 valence electrons. The number of benzene rings is 1. The van der Waals surface area contributed by atoms with E-state index >= 15 is 0 Å². The highest BCUT2D eigenvalue weighted by atomic mass is 16.5. The van der Waals surface area contributed by atoms with Crippen molar-refractivity contribution in [3.05, 3.63) is 53.5 Å². The molecule has 0 aliphatic heterocycles. The lowest BCUT2D eigenvalue weighted by Crippen LogP contribution is -2.16. The molecule has 3 rings (SSSR count). The van der Waals surface area contributed by atoms with Crippen molar-refractivity contribution < 1.29 is 9.15 Å². The molecule has 1 saturated carbocycles. The number of ether oxygens (including phenoxy) is 1. The Morgan fingerprint density at radius 2 is 2.00 bits per heavy atom. The molecule has 0 amide bonds. The van der Waals surface area contributed by atoms with Gasteiger partial charge < -0.3 is 14.5 Å². The topological polar surface area (TPSA) is 34.4 Å². The van der Waals surface area contributed by atoms with Gasteiger partial charge in [-0.2, -0.15) is 0 Å². The van der Waals surface area contributed by atoms with E-state index in [1.807, 2.05) is 18.2 Å². The van der Waals surface area contributed by atoms with Crippen molar-refractivity contribution in [2.24, 2.45) is 0 Å². The van der Waals surface area contributed by atoms with Crippen LogP contribution in [-0.4, -0.2) is 6.04 Å². The second-order valence-corrected chi connectivity index (χ2v) is 5.31. The van der Waals surface area contributed by atoms with Crippen LogP contribution in [0.15, 0.2) is 41.0 Å². The maximum atomic E-state index is 5.83. The highest BCUT2D eigenvalue weighted by Gasteiger charge is 2.21. The molecule has 0 unspecified atom stereocenters. The van der Waals surface area contributed by atoms with Crippen LogP contribution < -0.4 is 10.1 Å². The van der Waals surface area contributed by atoms with E-state index in [9.17, 15) is 0 Å². The minimum atomic E-state index is 0.559. The molecule has 0 bridgehead atoms. The largest absolute Gasteiger partial charge is 0.489 e. The summed E-state index contributed by atoms with van der Waals surface area (Å²) in [5.41, 5.74) is 2.45. The first-order valence-electron chi connectivity index (χ1n) is 7.35. The van der Waals surface area contributed by atoms with Gasteiger partial charge in [0.15, 0.2) is 0 Å². The first kappa shape index (κ1) is 13.3. The van der Waals surface area contributed by atoms with Crippen molar-refractivity contribution in [2.75, 3.05) is 0 Å². The van der Waals surface area contributed by atoms with Crippen LogP contribution >= 0.6 is 0 Å². The third-order valence-corrected chi connectivity index (χ3v) is 3.69. The second kappa shape index (κ2) is 6.14. The lowest BCUT2D eigenvalue weighted by atomic mass is 10.2. The Kier molecular flexibility index (Phi) is 4.07. The summed E-state index contributed by atoms with van der Waals surface area (Å²) >= 11 is 0. The highest BCUT2D eigenvalue weighted by Crippen LogP contribution is 2.21. The van der Waals surface area contributed by atoms with E-state index in [-0.39, 0.29) is 0 Å². The van der Waals surface area contributed by atoms with Crippen LogP contribution in [0.5, 0.6) is 5.75 Å². The number of hydrogen-bond acceptors (Lipinski definition) is 3. The Morgan fingerprint density at radius 3 is 2.70 bits per heavy atom. The van der Waals surface area contributed by atoms with E-state index in [0.717, 1.165) is 30.0 Å². The first-order valence-corrected chi connectivity index (χ1v) is 7.35. The molecule has 3 heteroatoms. The van der Waals surface area contributed by atoms with Gasteiger partial charge in [0, 0.05) is 11.6 Å². The zero-order valence-corrected chi connectivity index (χ0v) is 11.9. The van der Waals surface area contributed by atoms with Gasteiger partial charge in [-0.05, 0) is 43.0 Å². The van der Waals surface area contributed by atoms with Crippen LogP contribution in [0.1, 0.15) is 36.7 Å². The molecule has 1 N–H and O–H groups in total. The fourth-order valence-corrected chi connectivity index (χ4v) is 2.16. The van der Waals surface area contributed by atoms with Gasteiger partial charge in [0.1, 0.15) is 18.1 Å². The molecule has 1 aromatic heterocycles. The van der Waals surface area contributed by atoms with Gasteiger partial charge in [0.05, 0.1) is 12.8 Å². The molecule has 2 aromatic rings. The zero-order valence-electron chi connectivity index (χ0n) is 11.9. The molecule has 0 atom stereocenters. The van der Waals surface area contributed by atoms with E-state index in [1.165, 1.54) is 18.4 Å². The molecular formula is C17H21NO2. The Hall–Kier alpha value is -1.74. The van der Waals surface area contributed by atoms with E-state index in [4.69, 9.17) is 9.15 Å². The van der Waals surface area contributed by atoms with Gasteiger partial charge in [-0.25, -0.2) is 0 Å². The van der Waals surface area contributed by atoms with E-state index in [1.54, 1.807) is 6.26 Å². The predicted octanol–water partition coefficient (Wildman–Crippen LogP) is 3.67. The van der Waals surface area contributed by atoms with Crippen molar-refractivity contribution in [3.8, 4) is 5.75 Å². The van der Waals surface area contributed by atoms with Gasteiger partial charge >= 0.3 is 0 Å². The average molecular weight is 271 g/mol. The minimum absolute atomic E-state index is 0.559. The van der Waals surface area contributed by atoms with Crippen LogP contribution in [0, 0.1) is 0 Å². The second-order valence-electron chi connectivity index (χ2n) is 5.31. The molecule has 0 saturated heterocycles. The number of hydrogen-bond donors (Lipinski definition) is 1. The average Bonchev–Trinajstić information content (AvgIpc) is 3.22. The zero-order chi connectivity index (χ0) is 13.8. The first-order chi connectivity index (χ1) is 9.85. The van der Waals surface area contributed by atoms with Crippen molar-refractivity contribution in [1.82, 2.24) is 5.32 Å². The summed E-state index contributed by atoms with van der Waals surface area (Å²) in [5, 5.41) is 3.46. The quantitative estimate of drug-likeness (QED) is 0.834.